The van der Waals surface area contributed by atoms with E-state index >= 15 is 0 Å². The summed E-state index contributed by atoms with van der Waals surface area (Å²) < 4.78 is 0. The van der Waals surface area contributed by atoms with Crippen LogP contribution in [0.4, 0.5) is 0 Å². The molecular formula is C12H22N2O. The van der Waals surface area contributed by atoms with Gasteiger partial charge in [0.2, 0.25) is 0 Å². The quantitative estimate of drug-likeness (QED) is 0.759. The maximum absolute atomic E-state index is 11.8. The summed E-state index contributed by atoms with van der Waals surface area (Å²) in [4.78, 5) is 14.2. The van der Waals surface area contributed by atoms with Crippen molar-refractivity contribution >= 4 is 5.78 Å². The molecule has 0 radical (unpaired) electrons. The fourth-order valence-electron chi connectivity index (χ4n) is 3.02. The van der Waals surface area contributed by atoms with Gasteiger partial charge < -0.3 is 5.32 Å². The van der Waals surface area contributed by atoms with Crippen molar-refractivity contribution in [3.05, 3.63) is 0 Å². The van der Waals surface area contributed by atoms with Gasteiger partial charge in [0.05, 0.1) is 6.04 Å². The van der Waals surface area contributed by atoms with Crippen molar-refractivity contribution < 1.29 is 4.79 Å². The van der Waals surface area contributed by atoms with Crippen molar-refractivity contribution in [2.75, 3.05) is 19.6 Å². The predicted molar refractivity (Wildman–Crippen MR) is 60.9 cm³/mol. The molecule has 0 aromatic rings. The summed E-state index contributed by atoms with van der Waals surface area (Å²) in [5.74, 6) is 0.482. The fraction of sp³-hybridized carbons (Fsp3) is 0.917. The Hall–Kier alpha value is -0.410. The van der Waals surface area contributed by atoms with Crippen LogP contribution in [0.25, 0.3) is 0 Å². The van der Waals surface area contributed by atoms with Gasteiger partial charge >= 0.3 is 0 Å². The van der Waals surface area contributed by atoms with Gasteiger partial charge in [-0.3, -0.25) is 9.69 Å². The Balaban J connectivity index is 1.98. The second-order valence-corrected chi connectivity index (χ2v) is 4.69. The lowest BCUT2D eigenvalue weighted by Gasteiger charge is -2.37. The minimum absolute atomic E-state index is 0.248. The molecule has 1 aliphatic heterocycles. The van der Waals surface area contributed by atoms with E-state index in [-0.39, 0.29) is 6.04 Å². The highest BCUT2D eigenvalue weighted by Gasteiger charge is 2.33. The molecule has 0 aromatic heterocycles. The molecule has 3 nitrogen and oxygen atoms in total. The van der Waals surface area contributed by atoms with Crippen molar-refractivity contribution in [3.63, 3.8) is 0 Å². The highest BCUT2D eigenvalue weighted by molar-refractivity contribution is 5.85. The second kappa shape index (κ2) is 5.08. The average molecular weight is 210 g/mol. The number of carbonyl (C=O) groups is 1. The first kappa shape index (κ1) is 11.1. The van der Waals surface area contributed by atoms with E-state index in [1.165, 1.54) is 12.8 Å². The molecule has 0 spiro atoms. The maximum Gasteiger partial charge on any atom is 0.149 e. The Morgan fingerprint density at radius 1 is 1.33 bits per heavy atom. The van der Waals surface area contributed by atoms with Gasteiger partial charge in [0.1, 0.15) is 5.78 Å². The predicted octanol–water partition coefficient (Wildman–Crippen LogP) is 1.18. The summed E-state index contributed by atoms with van der Waals surface area (Å²) in [6, 6.07) is 0.890. The van der Waals surface area contributed by atoms with Gasteiger partial charge in [-0.1, -0.05) is 6.92 Å². The Bertz CT molecular complexity index is 224. The SMILES string of the molecule is CCN(C1CCNCC1)C1CCCC1=O. The molecule has 2 fully saturated rings. The highest BCUT2D eigenvalue weighted by atomic mass is 16.1. The molecule has 3 heteroatoms. The summed E-state index contributed by atoms with van der Waals surface area (Å²) in [6.45, 7) is 5.44. The summed E-state index contributed by atoms with van der Waals surface area (Å²) in [7, 11) is 0. The summed E-state index contributed by atoms with van der Waals surface area (Å²) >= 11 is 0. The fourth-order valence-corrected chi connectivity index (χ4v) is 3.02. The number of likely N-dealkylation sites (N-methyl/N-ethyl adjacent to an activating group) is 1. The lowest BCUT2D eigenvalue weighted by Crippen LogP contribution is -2.49. The minimum Gasteiger partial charge on any atom is -0.317 e. The lowest BCUT2D eigenvalue weighted by atomic mass is 10.0. The van der Waals surface area contributed by atoms with Crippen LogP contribution in [-0.2, 0) is 4.79 Å². The largest absolute Gasteiger partial charge is 0.317 e. The van der Waals surface area contributed by atoms with Gasteiger partial charge in [0, 0.05) is 12.5 Å². The molecule has 0 bridgehead atoms. The first-order valence-corrected chi connectivity index (χ1v) is 6.32. The van der Waals surface area contributed by atoms with Crippen molar-refractivity contribution in [2.24, 2.45) is 0 Å². The molecule has 1 aliphatic carbocycles. The van der Waals surface area contributed by atoms with Crippen molar-refractivity contribution in [3.8, 4) is 0 Å². The Labute approximate surface area is 92.2 Å². The molecular weight excluding hydrogens is 188 g/mol. The molecule has 15 heavy (non-hydrogen) atoms. The molecule has 86 valence electrons. The minimum atomic E-state index is 0.248. The van der Waals surface area contributed by atoms with Crippen molar-refractivity contribution in [2.45, 2.75) is 51.1 Å². The number of nitrogens with one attached hydrogen (secondary N) is 1. The van der Waals surface area contributed by atoms with Crippen LogP contribution in [0.3, 0.4) is 0 Å². The monoisotopic (exact) mass is 210 g/mol. The van der Waals surface area contributed by atoms with Crippen LogP contribution in [0.2, 0.25) is 0 Å². The van der Waals surface area contributed by atoms with Gasteiger partial charge in [0.15, 0.2) is 0 Å². The molecule has 0 amide bonds. The maximum atomic E-state index is 11.8. The molecule has 1 saturated carbocycles. The van der Waals surface area contributed by atoms with Crippen molar-refractivity contribution in [1.29, 1.82) is 0 Å². The molecule has 1 N–H and O–H groups in total. The number of ketones is 1. The van der Waals surface area contributed by atoms with Gasteiger partial charge in [-0.25, -0.2) is 0 Å². The van der Waals surface area contributed by atoms with Crippen LogP contribution >= 0.6 is 0 Å². The van der Waals surface area contributed by atoms with E-state index in [2.05, 4.69) is 17.1 Å². The van der Waals surface area contributed by atoms with Crippen LogP contribution in [-0.4, -0.2) is 42.4 Å². The third-order valence-electron chi connectivity index (χ3n) is 3.82. The second-order valence-electron chi connectivity index (χ2n) is 4.69. The number of hydrogen-bond acceptors (Lipinski definition) is 3. The van der Waals surface area contributed by atoms with Crippen LogP contribution < -0.4 is 5.32 Å². The molecule has 1 unspecified atom stereocenters. The Morgan fingerprint density at radius 2 is 2.07 bits per heavy atom. The van der Waals surface area contributed by atoms with Gasteiger partial charge in [-0.2, -0.15) is 0 Å². The Kier molecular flexibility index (Phi) is 3.76. The number of Topliss-reactive ketones (excluding diaryl/α,β-unsaturated/α-hetero) is 1. The van der Waals surface area contributed by atoms with E-state index in [0.717, 1.165) is 38.9 Å². The van der Waals surface area contributed by atoms with E-state index in [9.17, 15) is 4.79 Å². The molecule has 1 heterocycles. The summed E-state index contributed by atoms with van der Waals surface area (Å²) in [6.07, 6.45) is 5.42. The van der Waals surface area contributed by atoms with Gasteiger partial charge in [-0.15, -0.1) is 0 Å². The third kappa shape index (κ3) is 2.40. The number of rotatable bonds is 3. The number of hydrogen-bond donors (Lipinski definition) is 1. The van der Waals surface area contributed by atoms with Gasteiger partial charge in [0.25, 0.3) is 0 Å². The summed E-state index contributed by atoms with van der Waals surface area (Å²) in [5, 5.41) is 3.38. The number of carbonyl (C=O) groups excluding carboxylic acids is 1. The zero-order chi connectivity index (χ0) is 10.7. The average Bonchev–Trinajstić information content (AvgIpc) is 2.68. The standard InChI is InChI=1S/C12H22N2O/c1-2-14(10-6-8-13-9-7-10)11-4-3-5-12(11)15/h10-11,13H,2-9H2,1H3. The normalized spacial score (nSPS) is 28.9. The number of nitrogens with zero attached hydrogens (tertiary/aromatic N) is 1. The zero-order valence-electron chi connectivity index (χ0n) is 9.67. The topological polar surface area (TPSA) is 32.3 Å². The zero-order valence-corrected chi connectivity index (χ0v) is 9.67. The highest BCUT2D eigenvalue weighted by Crippen LogP contribution is 2.24. The first-order valence-electron chi connectivity index (χ1n) is 6.32. The van der Waals surface area contributed by atoms with Gasteiger partial charge in [-0.05, 0) is 45.3 Å². The van der Waals surface area contributed by atoms with Crippen LogP contribution in [0, 0.1) is 0 Å². The lowest BCUT2D eigenvalue weighted by molar-refractivity contribution is -0.122. The smallest absolute Gasteiger partial charge is 0.149 e. The van der Waals surface area contributed by atoms with E-state index in [0.29, 0.717) is 11.8 Å². The summed E-state index contributed by atoms with van der Waals surface area (Å²) in [5.41, 5.74) is 0. The van der Waals surface area contributed by atoms with E-state index in [1.54, 1.807) is 0 Å². The van der Waals surface area contributed by atoms with Crippen LogP contribution in [0.15, 0.2) is 0 Å². The molecule has 1 saturated heterocycles. The molecule has 1 atom stereocenters. The third-order valence-corrected chi connectivity index (χ3v) is 3.82. The molecule has 2 rings (SSSR count). The van der Waals surface area contributed by atoms with E-state index < -0.39 is 0 Å². The van der Waals surface area contributed by atoms with Crippen molar-refractivity contribution in [1.82, 2.24) is 10.2 Å². The van der Waals surface area contributed by atoms with Crippen LogP contribution in [0.1, 0.15) is 39.0 Å². The van der Waals surface area contributed by atoms with E-state index in [1.807, 2.05) is 0 Å². The van der Waals surface area contributed by atoms with E-state index in [4.69, 9.17) is 0 Å². The Morgan fingerprint density at radius 3 is 2.60 bits per heavy atom. The first-order chi connectivity index (χ1) is 7.33. The molecule has 2 aliphatic rings. The molecule has 0 aromatic carbocycles. The number of piperidine rings is 1. The van der Waals surface area contributed by atoms with Crippen LogP contribution in [0.5, 0.6) is 0 Å².